The van der Waals surface area contributed by atoms with E-state index in [1.54, 1.807) is 18.0 Å². The Labute approximate surface area is 100 Å². The Balaban J connectivity index is 2.27. The Morgan fingerprint density at radius 3 is 3.00 bits per heavy atom. The number of aromatic nitrogens is 2. The molecule has 0 bridgehead atoms. The topological polar surface area (TPSA) is 44.1 Å². The van der Waals surface area contributed by atoms with Crippen LogP contribution in [0.4, 0.5) is 0 Å². The van der Waals surface area contributed by atoms with E-state index in [0.29, 0.717) is 13.0 Å². The van der Waals surface area contributed by atoms with Crippen LogP contribution in [0.2, 0.25) is 0 Å². The summed E-state index contributed by atoms with van der Waals surface area (Å²) in [4.78, 5) is 15.5. The van der Waals surface area contributed by atoms with Gasteiger partial charge in [-0.05, 0) is 6.92 Å². The van der Waals surface area contributed by atoms with E-state index in [4.69, 9.17) is 4.74 Å². The molecule has 0 amide bonds. The van der Waals surface area contributed by atoms with Crippen molar-refractivity contribution in [1.29, 1.82) is 0 Å². The molecule has 1 rings (SSSR count). The second-order valence-corrected chi connectivity index (χ2v) is 5.01. The third-order valence-electron chi connectivity index (χ3n) is 2.18. The molecule has 0 fully saturated rings. The first-order valence-corrected chi connectivity index (χ1v) is 6.41. The van der Waals surface area contributed by atoms with Gasteiger partial charge in [-0.2, -0.15) is 11.8 Å². The highest BCUT2D eigenvalue weighted by atomic mass is 32.2. The van der Waals surface area contributed by atoms with Gasteiger partial charge >= 0.3 is 5.97 Å². The number of carbonyl (C=O) groups is 1. The van der Waals surface area contributed by atoms with Gasteiger partial charge in [-0.15, -0.1) is 0 Å². The van der Waals surface area contributed by atoms with Crippen LogP contribution in [-0.2, 0) is 22.3 Å². The highest BCUT2D eigenvalue weighted by Crippen LogP contribution is 2.19. The summed E-state index contributed by atoms with van der Waals surface area (Å²) in [5, 5.41) is 0.260. The number of aryl methyl sites for hydroxylation is 1. The maximum atomic E-state index is 11.2. The minimum atomic E-state index is -0.123. The van der Waals surface area contributed by atoms with Gasteiger partial charge in [-0.3, -0.25) is 4.79 Å². The summed E-state index contributed by atoms with van der Waals surface area (Å²) >= 11 is 1.72. The van der Waals surface area contributed by atoms with E-state index >= 15 is 0 Å². The van der Waals surface area contributed by atoms with Crippen molar-refractivity contribution in [3.63, 3.8) is 0 Å². The van der Waals surface area contributed by atoms with Gasteiger partial charge < -0.3 is 9.30 Å². The van der Waals surface area contributed by atoms with Gasteiger partial charge in [0, 0.05) is 24.7 Å². The van der Waals surface area contributed by atoms with Crippen molar-refractivity contribution in [2.75, 3.05) is 6.61 Å². The third-order valence-corrected chi connectivity index (χ3v) is 3.34. The molecule has 1 heterocycles. The quantitative estimate of drug-likeness (QED) is 0.716. The first kappa shape index (κ1) is 13.1. The van der Waals surface area contributed by atoms with Gasteiger partial charge in [0.15, 0.2) is 0 Å². The van der Waals surface area contributed by atoms with Crippen molar-refractivity contribution < 1.29 is 9.53 Å². The van der Waals surface area contributed by atoms with E-state index in [1.807, 2.05) is 31.7 Å². The number of ether oxygens (including phenoxy) is 1. The minimum Gasteiger partial charge on any atom is -0.466 e. The zero-order valence-electron chi connectivity index (χ0n) is 9.97. The predicted molar refractivity (Wildman–Crippen MR) is 65.2 cm³/mol. The van der Waals surface area contributed by atoms with E-state index in [1.165, 1.54) is 0 Å². The van der Waals surface area contributed by atoms with Crippen molar-refractivity contribution in [1.82, 2.24) is 9.55 Å². The predicted octanol–water partition coefficient (Wildman–Crippen LogP) is 2.00. The van der Waals surface area contributed by atoms with Crippen molar-refractivity contribution in [3.8, 4) is 0 Å². The fourth-order valence-corrected chi connectivity index (χ4v) is 2.23. The highest BCUT2D eigenvalue weighted by Gasteiger charge is 2.11. The molecule has 0 spiro atoms. The maximum Gasteiger partial charge on any atom is 0.306 e. The normalized spacial score (nSPS) is 12.4. The fourth-order valence-electron chi connectivity index (χ4n) is 1.27. The zero-order chi connectivity index (χ0) is 12.0. The Bertz CT molecular complexity index is 338. The van der Waals surface area contributed by atoms with Crippen molar-refractivity contribution >= 4 is 17.7 Å². The van der Waals surface area contributed by atoms with Crippen LogP contribution < -0.4 is 0 Å². The average molecular weight is 242 g/mol. The van der Waals surface area contributed by atoms with Gasteiger partial charge in [0.1, 0.15) is 5.82 Å². The van der Waals surface area contributed by atoms with Gasteiger partial charge in [-0.25, -0.2) is 4.98 Å². The molecule has 0 aromatic carbocycles. The molecule has 0 aliphatic carbocycles. The van der Waals surface area contributed by atoms with Crippen molar-refractivity contribution in [3.05, 3.63) is 18.2 Å². The maximum absolute atomic E-state index is 11.2. The van der Waals surface area contributed by atoms with E-state index in [2.05, 4.69) is 4.98 Å². The standard InChI is InChI=1S/C11H18N2O2S/c1-4-15-11(14)7-9(2)16-8-10-12-5-6-13(10)3/h5-6,9H,4,7-8H2,1-3H3/t9-/m1/s1. The van der Waals surface area contributed by atoms with Crippen LogP contribution in [0.5, 0.6) is 0 Å². The molecule has 16 heavy (non-hydrogen) atoms. The number of carbonyl (C=O) groups excluding carboxylic acids is 1. The summed E-state index contributed by atoms with van der Waals surface area (Å²) in [6, 6.07) is 0. The summed E-state index contributed by atoms with van der Waals surface area (Å²) in [6.07, 6.45) is 4.17. The number of rotatable bonds is 6. The number of hydrogen-bond acceptors (Lipinski definition) is 4. The molecule has 0 N–H and O–H groups in total. The Hall–Kier alpha value is -0.970. The summed E-state index contributed by atoms with van der Waals surface area (Å²) in [6.45, 7) is 4.31. The fraction of sp³-hybridized carbons (Fsp3) is 0.636. The van der Waals surface area contributed by atoms with Crippen LogP contribution in [-0.4, -0.2) is 27.4 Å². The van der Waals surface area contributed by atoms with Crippen molar-refractivity contribution in [2.45, 2.75) is 31.3 Å². The number of nitrogens with zero attached hydrogens (tertiary/aromatic N) is 2. The molecule has 0 unspecified atom stereocenters. The molecule has 0 saturated heterocycles. The minimum absolute atomic E-state index is 0.123. The van der Waals surface area contributed by atoms with Gasteiger partial charge in [0.25, 0.3) is 0 Å². The molecule has 1 aromatic rings. The van der Waals surface area contributed by atoms with Gasteiger partial charge in [-0.1, -0.05) is 6.92 Å². The van der Waals surface area contributed by atoms with Gasteiger partial charge in [0.05, 0.1) is 18.8 Å². The van der Waals surface area contributed by atoms with Crippen LogP contribution in [0.3, 0.4) is 0 Å². The largest absolute Gasteiger partial charge is 0.466 e. The lowest BCUT2D eigenvalue weighted by Gasteiger charge is -2.10. The van der Waals surface area contributed by atoms with Crippen LogP contribution in [0.1, 0.15) is 26.1 Å². The molecular formula is C11H18N2O2S. The van der Waals surface area contributed by atoms with Crippen molar-refractivity contribution in [2.24, 2.45) is 7.05 Å². The molecule has 90 valence electrons. The molecule has 4 nitrogen and oxygen atoms in total. The summed E-state index contributed by atoms with van der Waals surface area (Å²) in [5.41, 5.74) is 0. The third kappa shape index (κ3) is 4.26. The number of esters is 1. The lowest BCUT2D eigenvalue weighted by Crippen LogP contribution is -2.11. The van der Waals surface area contributed by atoms with E-state index in [9.17, 15) is 4.79 Å². The van der Waals surface area contributed by atoms with Crippen LogP contribution in [0.25, 0.3) is 0 Å². The van der Waals surface area contributed by atoms with E-state index in [-0.39, 0.29) is 11.2 Å². The van der Waals surface area contributed by atoms with E-state index < -0.39 is 0 Å². The summed E-state index contributed by atoms with van der Waals surface area (Å²) in [5.74, 6) is 1.73. The van der Waals surface area contributed by atoms with Crippen LogP contribution in [0, 0.1) is 0 Å². The second-order valence-electron chi connectivity index (χ2n) is 3.59. The second kappa shape index (κ2) is 6.58. The average Bonchev–Trinajstić information content (AvgIpc) is 2.61. The highest BCUT2D eigenvalue weighted by molar-refractivity contribution is 7.99. The molecule has 1 atom stereocenters. The zero-order valence-corrected chi connectivity index (χ0v) is 10.8. The first-order valence-electron chi connectivity index (χ1n) is 5.37. The van der Waals surface area contributed by atoms with E-state index in [0.717, 1.165) is 11.6 Å². The molecule has 0 aliphatic rings. The summed E-state index contributed by atoms with van der Waals surface area (Å²) < 4.78 is 6.89. The Morgan fingerprint density at radius 1 is 1.69 bits per heavy atom. The number of thioether (sulfide) groups is 1. The number of hydrogen-bond donors (Lipinski definition) is 0. The smallest absolute Gasteiger partial charge is 0.306 e. The SMILES string of the molecule is CCOC(=O)C[C@@H](C)SCc1nccn1C. The molecule has 1 aromatic heterocycles. The number of imidazole rings is 1. The molecule has 0 radical (unpaired) electrons. The van der Waals surface area contributed by atoms with Crippen LogP contribution in [0.15, 0.2) is 12.4 Å². The molecule has 0 aliphatic heterocycles. The molecular weight excluding hydrogens is 224 g/mol. The van der Waals surface area contributed by atoms with Crippen LogP contribution >= 0.6 is 11.8 Å². The monoisotopic (exact) mass is 242 g/mol. The molecule has 0 saturated carbocycles. The van der Waals surface area contributed by atoms with Gasteiger partial charge in [0.2, 0.25) is 0 Å². The lowest BCUT2D eigenvalue weighted by molar-refractivity contribution is -0.142. The molecule has 5 heteroatoms. The Morgan fingerprint density at radius 2 is 2.44 bits per heavy atom. The Kier molecular flexibility index (Phi) is 5.38. The summed E-state index contributed by atoms with van der Waals surface area (Å²) in [7, 11) is 1.97. The first-order chi connectivity index (χ1) is 7.63. The lowest BCUT2D eigenvalue weighted by atomic mass is 10.3.